The van der Waals surface area contributed by atoms with Crippen LogP contribution < -0.4 is 10.5 Å². The number of hydrogen-bond donors (Lipinski definition) is 1. The summed E-state index contributed by atoms with van der Waals surface area (Å²) in [6, 6.07) is 6.29. The van der Waals surface area contributed by atoms with E-state index < -0.39 is 6.61 Å². The molecule has 1 rings (SSSR count). The maximum atomic E-state index is 12.2. The highest BCUT2D eigenvalue weighted by Crippen LogP contribution is 2.35. The fourth-order valence-corrected chi connectivity index (χ4v) is 1.41. The van der Waals surface area contributed by atoms with Crippen molar-refractivity contribution < 1.29 is 13.5 Å². The molecule has 2 nitrogen and oxygen atoms in total. The number of benzene rings is 1. The van der Waals surface area contributed by atoms with Crippen LogP contribution in [0.15, 0.2) is 24.3 Å². The summed E-state index contributed by atoms with van der Waals surface area (Å²) < 4.78 is 28.8. The van der Waals surface area contributed by atoms with Crippen molar-refractivity contribution in [1.82, 2.24) is 0 Å². The molecule has 0 amide bonds. The highest BCUT2D eigenvalue weighted by Gasteiger charge is 2.25. The van der Waals surface area contributed by atoms with Crippen LogP contribution in [0.3, 0.4) is 0 Å². The topological polar surface area (TPSA) is 35.2 Å². The number of para-hydroxylation sites is 1. The second-order valence-electron chi connectivity index (χ2n) is 4.76. The molecular weight excluding hydrogens is 248 g/mol. The largest absolute Gasteiger partial charge is 0.434 e. The van der Waals surface area contributed by atoms with Crippen molar-refractivity contribution in [3.8, 4) is 5.75 Å². The van der Waals surface area contributed by atoms with Gasteiger partial charge in [-0.05, 0) is 11.5 Å². The molecule has 0 aliphatic rings. The maximum absolute atomic E-state index is 12.2. The lowest BCUT2D eigenvalue weighted by atomic mass is 9.83. The first-order valence-electron chi connectivity index (χ1n) is 5.11. The molecule has 0 radical (unpaired) electrons. The number of alkyl halides is 2. The van der Waals surface area contributed by atoms with Crippen LogP contribution in [0.2, 0.25) is 0 Å². The normalized spacial score (nSPS) is 13.1. The average Bonchev–Trinajstić information content (AvgIpc) is 2.15. The van der Waals surface area contributed by atoms with Crippen LogP contribution in [0.25, 0.3) is 0 Å². The highest BCUT2D eigenvalue weighted by atomic mass is 35.5. The standard InChI is InChI=1S/C12H17F2NO.ClH/c1-12(2,3)10(15)8-6-4-5-7-9(8)16-11(13)14;/h4-7,10-11H,15H2,1-3H3;1H/t10-;/m0./s1. The molecule has 0 aromatic heterocycles. The molecule has 0 spiro atoms. The van der Waals surface area contributed by atoms with Crippen LogP contribution in [0.4, 0.5) is 8.78 Å². The first-order valence-corrected chi connectivity index (χ1v) is 5.11. The summed E-state index contributed by atoms with van der Waals surface area (Å²) in [6.45, 7) is 3.04. The van der Waals surface area contributed by atoms with Gasteiger partial charge in [0.25, 0.3) is 0 Å². The molecule has 17 heavy (non-hydrogen) atoms. The van der Waals surface area contributed by atoms with Crippen LogP contribution in [0.5, 0.6) is 5.75 Å². The Morgan fingerprint density at radius 3 is 2.18 bits per heavy atom. The molecule has 98 valence electrons. The van der Waals surface area contributed by atoms with Gasteiger partial charge in [-0.15, -0.1) is 12.4 Å². The summed E-state index contributed by atoms with van der Waals surface area (Å²) in [5.41, 5.74) is 6.42. The first-order chi connectivity index (χ1) is 7.32. The van der Waals surface area contributed by atoms with Crippen molar-refractivity contribution >= 4 is 12.4 Å². The molecule has 5 heteroatoms. The van der Waals surface area contributed by atoms with Gasteiger partial charge >= 0.3 is 6.61 Å². The Morgan fingerprint density at radius 2 is 1.71 bits per heavy atom. The van der Waals surface area contributed by atoms with E-state index >= 15 is 0 Å². The van der Waals surface area contributed by atoms with E-state index in [0.717, 1.165) is 0 Å². The second kappa shape index (κ2) is 6.17. The van der Waals surface area contributed by atoms with Gasteiger partial charge in [0, 0.05) is 11.6 Å². The molecule has 0 heterocycles. The van der Waals surface area contributed by atoms with Gasteiger partial charge in [0.05, 0.1) is 0 Å². The van der Waals surface area contributed by atoms with E-state index in [-0.39, 0.29) is 29.6 Å². The lowest BCUT2D eigenvalue weighted by molar-refractivity contribution is -0.0509. The Hall–Kier alpha value is -0.870. The Morgan fingerprint density at radius 1 is 1.18 bits per heavy atom. The van der Waals surface area contributed by atoms with Gasteiger partial charge in [-0.2, -0.15) is 8.78 Å². The van der Waals surface area contributed by atoms with E-state index in [2.05, 4.69) is 4.74 Å². The molecule has 1 aromatic rings. The van der Waals surface area contributed by atoms with Crippen molar-refractivity contribution in [3.63, 3.8) is 0 Å². The van der Waals surface area contributed by atoms with Gasteiger partial charge in [-0.25, -0.2) is 0 Å². The van der Waals surface area contributed by atoms with Crippen molar-refractivity contribution in [2.45, 2.75) is 33.4 Å². The van der Waals surface area contributed by atoms with Crippen molar-refractivity contribution in [1.29, 1.82) is 0 Å². The number of rotatable bonds is 3. The van der Waals surface area contributed by atoms with Crippen LogP contribution in [0.1, 0.15) is 32.4 Å². The summed E-state index contributed by atoms with van der Waals surface area (Å²) in [7, 11) is 0. The number of ether oxygens (including phenoxy) is 1. The van der Waals surface area contributed by atoms with Gasteiger partial charge in [0.1, 0.15) is 5.75 Å². The van der Waals surface area contributed by atoms with Gasteiger partial charge in [0.15, 0.2) is 0 Å². The Labute approximate surface area is 107 Å². The number of hydrogen-bond acceptors (Lipinski definition) is 2. The van der Waals surface area contributed by atoms with Gasteiger partial charge in [-0.1, -0.05) is 39.0 Å². The zero-order valence-corrected chi connectivity index (χ0v) is 10.9. The minimum Gasteiger partial charge on any atom is -0.434 e. The van der Waals surface area contributed by atoms with E-state index in [1.165, 1.54) is 6.07 Å². The average molecular weight is 266 g/mol. The minimum atomic E-state index is -2.83. The molecule has 0 aliphatic carbocycles. The third-order valence-electron chi connectivity index (χ3n) is 2.40. The van der Waals surface area contributed by atoms with Gasteiger partial charge < -0.3 is 10.5 Å². The number of halogens is 3. The zero-order chi connectivity index (χ0) is 12.3. The first kappa shape index (κ1) is 16.1. The van der Waals surface area contributed by atoms with Crippen LogP contribution in [0, 0.1) is 5.41 Å². The van der Waals surface area contributed by atoms with E-state index in [9.17, 15) is 8.78 Å². The maximum Gasteiger partial charge on any atom is 0.387 e. The van der Waals surface area contributed by atoms with Crippen molar-refractivity contribution in [2.24, 2.45) is 11.1 Å². The minimum absolute atomic E-state index is 0. The predicted octanol–water partition coefficient (Wildman–Crippen LogP) is 3.76. The summed E-state index contributed by atoms with van der Waals surface area (Å²) >= 11 is 0. The van der Waals surface area contributed by atoms with E-state index in [0.29, 0.717) is 5.56 Å². The Balaban J connectivity index is 0.00000256. The lowest BCUT2D eigenvalue weighted by Crippen LogP contribution is -2.27. The quantitative estimate of drug-likeness (QED) is 0.903. The fourth-order valence-electron chi connectivity index (χ4n) is 1.41. The molecule has 0 unspecified atom stereocenters. The molecule has 2 N–H and O–H groups in total. The van der Waals surface area contributed by atoms with Crippen molar-refractivity contribution in [2.75, 3.05) is 0 Å². The van der Waals surface area contributed by atoms with Crippen LogP contribution >= 0.6 is 12.4 Å². The van der Waals surface area contributed by atoms with Gasteiger partial charge in [-0.3, -0.25) is 0 Å². The highest BCUT2D eigenvalue weighted by molar-refractivity contribution is 5.85. The molecule has 0 fully saturated rings. The third-order valence-corrected chi connectivity index (χ3v) is 2.40. The van der Waals surface area contributed by atoms with E-state index in [1.807, 2.05) is 20.8 Å². The fraction of sp³-hybridized carbons (Fsp3) is 0.500. The molecule has 1 atom stereocenters. The Kier molecular flexibility index (Phi) is 5.85. The molecule has 0 bridgehead atoms. The summed E-state index contributed by atoms with van der Waals surface area (Å²) in [6.07, 6.45) is 0. The molecule has 1 aromatic carbocycles. The molecule has 0 saturated heterocycles. The smallest absolute Gasteiger partial charge is 0.387 e. The van der Waals surface area contributed by atoms with Crippen LogP contribution in [-0.4, -0.2) is 6.61 Å². The zero-order valence-electron chi connectivity index (χ0n) is 10.1. The van der Waals surface area contributed by atoms with E-state index in [1.54, 1.807) is 18.2 Å². The lowest BCUT2D eigenvalue weighted by Gasteiger charge is -2.28. The molecular formula is C12H18ClF2NO. The third kappa shape index (κ3) is 4.48. The molecule has 0 aliphatic heterocycles. The second-order valence-corrected chi connectivity index (χ2v) is 4.76. The monoisotopic (exact) mass is 265 g/mol. The SMILES string of the molecule is CC(C)(C)[C@@H](N)c1ccccc1OC(F)F.Cl. The summed E-state index contributed by atoms with van der Waals surface area (Å²) in [4.78, 5) is 0. The van der Waals surface area contributed by atoms with Crippen molar-refractivity contribution in [3.05, 3.63) is 29.8 Å². The summed E-state index contributed by atoms with van der Waals surface area (Å²) in [5, 5.41) is 0. The number of nitrogens with two attached hydrogens (primary N) is 1. The predicted molar refractivity (Wildman–Crippen MR) is 66.7 cm³/mol. The van der Waals surface area contributed by atoms with Gasteiger partial charge in [0.2, 0.25) is 0 Å². The van der Waals surface area contributed by atoms with E-state index in [4.69, 9.17) is 5.73 Å². The van der Waals surface area contributed by atoms with Crippen LogP contribution in [-0.2, 0) is 0 Å². The summed E-state index contributed by atoms with van der Waals surface area (Å²) in [5.74, 6) is 0.153. The Bertz CT molecular complexity index is 353. The molecule has 0 saturated carbocycles.